The van der Waals surface area contributed by atoms with E-state index in [1.807, 2.05) is 25.1 Å². The van der Waals surface area contributed by atoms with Crippen LogP contribution in [0.15, 0.2) is 29.6 Å². The molecule has 0 spiro atoms. The van der Waals surface area contributed by atoms with Crippen LogP contribution >= 0.6 is 22.9 Å². The van der Waals surface area contributed by atoms with Gasteiger partial charge in [0.05, 0.1) is 12.1 Å². The Balaban J connectivity index is 1.81. The van der Waals surface area contributed by atoms with Gasteiger partial charge < -0.3 is 5.32 Å². The van der Waals surface area contributed by atoms with E-state index in [9.17, 15) is 0 Å². The smallest absolute Gasteiger partial charge is 0.117 e. The van der Waals surface area contributed by atoms with Gasteiger partial charge in [0.2, 0.25) is 0 Å². The van der Waals surface area contributed by atoms with E-state index in [1.54, 1.807) is 11.3 Å². The van der Waals surface area contributed by atoms with Crippen LogP contribution in [0.3, 0.4) is 0 Å². The van der Waals surface area contributed by atoms with Crippen LogP contribution in [0.25, 0.3) is 10.9 Å². The van der Waals surface area contributed by atoms with Gasteiger partial charge >= 0.3 is 0 Å². The van der Waals surface area contributed by atoms with Gasteiger partial charge in [0.25, 0.3) is 0 Å². The topological polar surface area (TPSA) is 37.8 Å². The van der Waals surface area contributed by atoms with Crippen LogP contribution in [0.2, 0.25) is 0 Å². The van der Waals surface area contributed by atoms with Crippen molar-refractivity contribution in [2.45, 2.75) is 13.5 Å². The molecule has 17 heavy (non-hydrogen) atoms. The molecule has 3 aromatic rings. The van der Waals surface area contributed by atoms with Gasteiger partial charge in [-0.25, -0.2) is 4.98 Å². The maximum Gasteiger partial charge on any atom is 0.117 e. The lowest BCUT2D eigenvalue weighted by Crippen LogP contribution is -1.97. The first kappa shape index (κ1) is 10.7. The minimum atomic E-state index is 0.769. The molecule has 0 saturated heterocycles. The monoisotopic (exact) mass is 261 g/mol. The lowest BCUT2D eigenvalue weighted by Gasteiger charge is -2.00. The lowest BCUT2D eigenvalue weighted by molar-refractivity contribution is 1.08. The number of hydrogen-bond donors (Lipinski definition) is 1. The van der Waals surface area contributed by atoms with Crippen molar-refractivity contribution >= 4 is 38.8 Å². The minimum Gasteiger partial charge on any atom is -0.369 e. The molecule has 0 aliphatic heterocycles. The fourth-order valence-corrected chi connectivity index (χ4v) is 3.12. The van der Waals surface area contributed by atoms with Gasteiger partial charge in [0.1, 0.15) is 10.0 Å². The second-order valence-corrected chi connectivity index (χ2v) is 5.48. The molecular formula is C12H11N3S2. The average Bonchev–Trinajstić information content (AvgIpc) is 2.93. The molecule has 0 amide bonds. The first-order chi connectivity index (χ1) is 8.33. The van der Waals surface area contributed by atoms with Crippen molar-refractivity contribution in [2.24, 2.45) is 0 Å². The normalized spacial score (nSPS) is 10.9. The van der Waals surface area contributed by atoms with E-state index in [2.05, 4.69) is 26.1 Å². The number of aryl methyl sites for hydroxylation is 1. The molecule has 0 bridgehead atoms. The predicted molar refractivity (Wildman–Crippen MR) is 73.8 cm³/mol. The molecular weight excluding hydrogens is 250 g/mol. The Morgan fingerprint density at radius 3 is 3.00 bits per heavy atom. The number of aromatic nitrogens is 2. The van der Waals surface area contributed by atoms with Gasteiger partial charge in [0, 0.05) is 16.5 Å². The Hall–Kier alpha value is -1.46. The van der Waals surface area contributed by atoms with Crippen LogP contribution in [0, 0.1) is 6.92 Å². The van der Waals surface area contributed by atoms with Gasteiger partial charge in [-0.1, -0.05) is 12.1 Å². The molecule has 2 heterocycles. The van der Waals surface area contributed by atoms with E-state index < -0.39 is 0 Å². The second-order valence-electron chi connectivity index (χ2n) is 3.77. The molecule has 0 unspecified atom stereocenters. The average molecular weight is 261 g/mol. The summed E-state index contributed by atoms with van der Waals surface area (Å²) in [6.07, 6.45) is 0. The number of thiazole rings is 1. The van der Waals surface area contributed by atoms with Crippen LogP contribution in [0.5, 0.6) is 0 Å². The number of benzene rings is 1. The van der Waals surface area contributed by atoms with Gasteiger partial charge in [-0.2, -0.15) is 4.37 Å². The third-order valence-corrected chi connectivity index (χ3v) is 4.25. The molecule has 3 rings (SSSR count). The number of fused-ring (bicyclic) bond motifs is 1. The zero-order chi connectivity index (χ0) is 11.7. The fourth-order valence-electron chi connectivity index (χ4n) is 1.66. The first-order valence-corrected chi connectivity index (χ1v) is 6.97. The van der Waals surface area contributed by atoms with E-state index in [1.165, 1.54) is 16.9 Å². The minimum absolute atomic E-state index is 0.769. The predicted octanol–water partition coefficient (Wildman–Crippen LogP) is 3.67. The van der Waals surface area contributed by atoms with Crippen molar-refractivity contribution in [1.29, 1.82) is 0 Å². The van der Waals surface area contributed by atoms with E-state index in [4.69, 9.17) is 0 Å². The molecule has 86 valence electrons. The summed E-state index contributed by atoms with van der Waals surface area (Å²) in [5.41, 5.74) is 2.14. The Kier molecular flexibility index (Phi) is 2.78. The van der Waals surface area contributed by atoms with Crippen molar-refractivity contribution in [3.8, 4) is 0 Å². The molecule has 2 aromatic heterocycles. The van der Waals surface area contributed by atoms with Crippen LogP contribution in [0.4, 0.5) is 5.00 Å². The number of nitrogens with one attached hydrogen (secondary N) is 1. The number of anilines is 1. The summed E-state index contributed by atoms with van der Waals surface area (Å²) in [5.74, 6) is 0. The summed E-state index contributed by atoms with van der Waals surface area (Å²) < 4.78 is 4.40. The second kappa shape index (κ2) is 4.43. The van der Waals surface area contributed by atoms with E-state index in [-0.39, 0.29) is 0 Å². The number of hydrogen-bond acceptors (Lipinski definition) is 5. The summed E-state index contributed by atoms with van der Waals surface area (Å²) in [4.78, 5) is 4.43. The highest BCUT2D eigenvalue weighted by Crippen LogP contribution is 2.27. The lowest BCUT2D eigenvalue weighted by atomic mass is 10.2. The first-order valence-electron chi connectivity index (χ1n) is 5.32. The zero-order valence-electron chi connectivity index (χ0n) is 9.30. The van der Waals surface area contributed by atoms with Gasteiger partial charge in [-0.05, 0) is 30.6 Å². The number of nitrogens with zero attached hydrogens (tertiary/aromatic N) is 2. The summed E-state index contributed by atoms with van der Waals surface area (Å²) in [6, 6.07) is 8.17. The summed E-state index contributed by atoms with van der Waals surface area (Å²) in [6.45, 7) is 2.78. The van der Waals surface area contributed by atoms with Crippen LogP contribution in [-0.4, -0.2) is 9.36 Å². The molecule has 1 N–H and O–H groups in total. The highest BCUT2D eigenvalue weighted by Gasteiger charge is 2.05. The highest BCUT2D eigenvalue weighted by molar-refractivity contribution is 7.12. The Labute approximate surface area is 107 Å². The van der Waals surface area contributed by atoms with Crippen LogP contribution in [0.1, 0.15) is 10.7 Å². The maximum atomic E-state index is 4.43. The van der Waals surface area contributed by atoms with Gasteiger partial charge in [-0.3, -0.25) is 0 Å². The van der Waals surface area contributed by atoms with Crippen molar-refractivity contribution in [3.05, 3.63) is 40.3 Å². The Morgan fingerprint density at radius 2 is 2.18 bits per heavy atom. The van der Waals surface area contributed by atoms with Crippen LogP contribution < -0.4 is 5.32 Å². The third kappa shape index (κ3) is 2.16. The Morgan fingerprint density at radius 1 is 1.29 bits per heavy atom. The molecule has 5 heteroatoms. The van der Waals surface area contributed by atoms with Crippen molar-refractivity contribution < 1.29 is 0 Å². The summed E-state index contributed by atoms with van der Waals surface area (Å²) in [5, 5.41) is 8.89. The highest BCUT2D eigenvalue weighted by atomic mass is 32.1. The number of rotatable bonds is 3. The van der Waals surface area contributed by atoms with Gasteiger partial charge in [-0.15, -0.1) is 11.3 Å². The van der Waals surface area contributed by atoms with Gasteiger partial charge in [0.15, 0.2) is 0 Å². The van der Waals surface area contributed by atoms with Crippen molar-refractivity contribution in [1.82, 2.24) is 9.36 Å². The fraction of sp³-hybridized carbons (Fsp3) is 0.167. The largest absolute Gasteiger partial charge is 0.369 e. The zero-order valence-corrected chi connectivity index (χ0v) is 10.9. The quantitative estimate of drug-likeness (QED) is 0.781. The molecule has 0 radical (unpaired) electrons. The molecule has 1 aromatic carbocycles. The van der Waals surface area contributed by atoms with Crippen LogP contribution in [-0.2, 0) is 6.54 Å². The molecule has 0 aliphatic rings. The van der Waals surface area contributed by atoms with E-state index in [0.717, 1.165) is 27.8 Å². The summed E-state index contributed by atoms with van der Waals surface area (Å²) >= 11 is 3.19. The molecule has 0 atom stereocenters. The molecule has 3 nitrogen and oxygen atoms in total. The van der Waals surface area contributed by atoms with Crippen molar-refractivity contribution in [3.63, 3.8) is 0 Å². The van der Waals surface area contributed by atoms with E-state index >= 15 is 0 Å². The maximum absolute atomic E-state index is 4.43. The standard InChI is InChI=1S/C12H11N3S2/c1-8-7-16-11(14-8)6-13-12-9-4-2-3-5-10(9)15-17-12/h2-5,7,13H,6H2,1H3. The van der Waals surface area contributed by atoms with E-state index in [0.29, 0.717) is 0 Å². The molecule has 0 aliphatic carbocycles. The Bertz CT molecular complexity index is 642. The molecule has 0 saturated carbocycles. The SMILES string of the molecule is Cc1csc(CNc2snc3ccccc23)n1. The molecule has 0 fully saturated rings. The van der Waals surface area contributed by atoms with Crippen molar-refractivity contribution in [2.75, 3.05) is 5.32 Å². The third-order valence-electron chi connectivity index (χ3n) is 2.45. The summed E-state index contributed by atoms with van der Waals surface area (Å²) in [7, 11) is 0.